The molecule has 16 heavy (non-hydrogen) atoms. The van der Waals surface area contributed by atoms with Crippen LogP contribution in [0.5, 0.6) is 0 Å². The van der Waals surface area contributed by atoms with Crippen LogP contribution in [0, 0.1) is 11.8 Å². The van der Waals surface area contributed by atoms with Crippen molar-refractivity contribution >= 4 is 5.97 Å². The van der Waals surface area contributed by atoms with E-state index in [0.29, 0.717) is 25.4 Å². The van der Waals surface area contributed by atoms with Crippen LogP contribution in [0.4, 0.5) is 0 Å². The van der Waals surface area contributed by atoms with E-state index in [4.69, 9.17) is 9.84 Å². The molecule has 94 valence electrons. The molecule has 0 aliphatic heterocycles. The maximum Gasteiger partial charge on any atom is 0.336 e. The average Bonchev–Trinajstić information content (AvgIpc) is 2.24. The number of hydrogen-bond acceptors (Lipinski definition) is 3. The van der Waals surface area contributed by atoms with Crippen LogP contribution in [0.3, 0.4) is 0 Å². The summed E-state index contributed by atoms with van der Waals surface area (Å²) in [6.07, 6.45) is 3.05. The van der Waals surface area contributed by atoms with Gasteiger partial charge < -0.3 is 14.9 Å². The molecule has 0 bridgehead atoms. The maximum absolute atomic E-state index is 11.4. The van der Waals surface area contributed by atoms with E-state index in [1.54, 1.807) is 0 Å². The van der Waals surface area contributed by atoms with Gasteiger partial charge in [0, 0.05) is 6.61 Å². The number of aliphatic hydroxyl groups excluding tert-OH is 1. The highest BCUT2D eigenvalue weighted by Gasteiger charge is 2.48. The molecule has 0 amide bonds. The van der Waals surface area contributed by atoms with Gasteiger partial charge in [0.25, 0.3) is 0 Å². The van der Waals surface area contributed by atoms with Gasteiger partial charge in [-0.3, -0.25) is 0 Å². The van der Waals surface area contributed by atoms with Gasteiger partial charge in [0.05, 0.1) is 6.61 Å². The van der Waals surface area contributed by atoms with Crippen LogP contribution < -0.4 is 0 Å². The number of carboxylic acid groups (broad SMARTS) is 1. The van der Waals surface area contributed by atoms with Gasteiger partial charge in [-0.25, -0.2) is 4.79 Å². The zero-order valence-electron chi connectivity index (χ0n) is 10.1. The molecule has 1 aliphatic carbocycles. The molecule has 0 aromatic carbocycles. The number of rotatable bonds is 5. The number of carboxylic acids is 1. The summed E-state index contributed by atoms with van der Waals surface area (Å²) in [4.78, 5) is 11.4. The largest absolute Gasteiger partial charge is 0.479 e. The van der Waals surface area contributed by atoms with Crippen molar-refractivity contribution < 1.29 is 19.7 Å². The Balaban J connectivity index is 2.73. The smallest absolute Gasteiger partial charge is 0.336 e. The summed E-state index contributed by atoms with van der Waals surface area (Å²) in [5.41, 5.74) is -1.03. The first-order valence-corrected chi connectivity index (χ1v) is 6.03. The van der Waals surface area contributed by atoms with Gasteiger partial charge in [-0.05, 0) is 31.1 Å². The molecule has 0 aromatic heterocycles. The lowest BCUT2D eigenvalue weighted by atomic mass is 9.70. The summed E-state index contributed by atoms with van der Waals surface area (Å²) < 4.78 is 5.60. The Hall–Kier alpha value is -0.610. The van der Waals surface area contributed by atoms with E-state index in [0.717, 1.165) is 12.8 Å². The quantitative estimate of drug-likeness (QED) is 0.705. The number of ether oxygens (including phenoxy) is 1. The van der Waals surface area contributed by atoms with Crippen molar-refractivity contribution in [2.45, 2.75) is 45.1 Å². The molecule has 3 atom stereocenters. The zero-order valence-corrected chi connectivity index (χ0v) is 10.1. The van der Waals surface area contributed by atoms with Crippen molar-refractivity contribution in [3.05, 3.63) is 0 Å². The molecule has 1 fully saturated rings. The minimum atomic E-state index is -1.03. The topological polar surface area (TPSA) is 66.8 Å². The molecule has 1 aliphatic rings. The van der Waals surface area contributed by atoms with Gasteiger partial charge in [0.1, 0.15) is 0 Å². The molecule has 4 nitrogen and oxygen atoms in total. The summed E-state index contributed by atoms with van der Waals surface area (Å²) in [5.74, 6) is -0.457. The van der Waals surface area contributed by atoms with Crippen molar-refractivity contribution in [2.75, 3.05) is 13.2 Å². The third-order valence-electron chi connectivity index (χ3n) is 3.82. The first-order valence-electron chi connectivity index (χ1n) is 6.03. The molecule has 0 heterocycles. The van der Waals surface area contributed by atoms with Crippen LogP contribution in [-0.2, 0) is 9.53 Å². The summed E-state index contributed by atoms with van der Waals surface area (Å²) in [6.45, 7) is 4.40. The van der Waals surface area contributed by atoms with E-state index in [9.17, 15) is 9.90 Å². The first kappa shape index (κ1) is 13.5. The van der Waals surface area contributed by atoms with Crippen molar-refractivity contribution in [2.24, 2.45) is 11.8 Å². The lowest BCUT2D eigenvalue weighted by Crippen LogP contribution is -2.52. The van der Waals surface area contributed by atoms with Gasteiger partial charge in [-0.15, -0.1) is 0 Å². The molecule has 0 aromatic rings. The molecular weight excluding hydrogens is 208 g/mol. The van der Waals surface area contributed by atoms with Crippen LogP contribution in [0.25, 0.3) is 0 Å². The van der Waals surface area contributed by atoms with Gasteiger partial charge in [0.15, 0.2) is 5.60 Å². The fourth-order valence-electron chi connectivity index (χ4n) is 2.51. The van der Waals surface area contributed by atoms with E-state index >= 15 is 0 Å². The van der Waals surface area contributed by atoms with Gasteiger partial charge >= 0.3 is 5.97 Å². The minimum Gasteiger partial charge on any atom is -0.479 e. The Morgan fingerprint density at radius 2 is 2.19 bits per heavy atom. The summed E-state index contributed by atoms with van der Waals surface area (Å²) in [6, 6.07) is 0. The van der Waals surface area contributed by atoms with E-state index in [1.807, 2.05) is 6.92 Å². The Bertz CT molecular complexity index is 241. The molecule has 1 rings (SSSR count). The van der Waals surface area contributed by atoms with Crippen molar-refractivity contribution in [3.8, 4) is 0 Å². The van der Waals surface area contributed by atoms with Crippen LogP contribution in [-0.4, -0.2) is 35.0 Å². The zero-order chi connectivity index (χ0) is 12.2. The second-order valence-corrected chi connectivity index (χ2v) is 4.78. The molecule has 0 spiro atoms. The Kier molecular flexibility index (Phi) is 4.74. The highest BCUT2D eigenvalue weighted by atomic mass is 16.5. The number of hydrogen-bond donors (Lipinski definition) is 2. The van der Waals surface area contributed by atoms with Crippen LogP contribution in [0.2, 0.25) is 0 Å². The molecule has 3 unspecified atom stereocenters. The molecule has 0 radical (unpaired) electrons. The molecule has 2 N–H and O–H groups in total. The Morgan fingerprint density at radius 3 is 2.75 bits per heavy atom. The Labute approximate surface area is 96.6 Å². The SMILES string of the molecule is CC1CCCC(OCCCO)(C(=O)O)C1C. The standard InChI is InChI=1S/C12H22O4/c1-9-5-3-6-12(10(9)2,11(14)15)16-8-4-7-13/h9-10,13H,3-8H2,1-2H3,(H,14,15). The van der Waals surface area contributed by atoms with Crippen LogP contribution >= 0.6 is 0 Å². The second kappa shape index (κ2) is 5.64. The van der Waals surface area contributed by atoms with Gasteiger partial charge in [-0.1, -0.05) is 20.3 Å². The molecule has 0 saturated heterocycles. The number of carbonyl (C=O) groups is 1. The van der Waals surface area contributed by atoms with Crippen molar-refractivity contribution in [1.29, 1.82) is 0 Å². The second-order valence-electron chi connectivity index (χ2n) is 4.78. The highest BCUT2D eigenvalue weighted by Crippen LogP contribution is 2.40. The summed E-state index contributed by atoms with van der Waals surface area (Å²) >= 11 is 0. The molecule has 1 saturated carbocycles. The van der Waals surface area contributed by atoms with Crippen molar-refractivity contribution in [3.63, 3.8) is 0 Å². The van der Waals surface area contributed by atoms with Crippen molar-refractivity contribution in [1.82, 2.24) is 0 Å². The average molecular weight is 230 g/mol. The fourth-order valence-corrected chi connectivity index (χ4v) is 2.51. The monoisotopic (exact) mass is 230 g/mol. The maximum atomic E-state index is 11.4. The van der Waals surface area contributed by atoms with Crippen LogP contribution in [0.1, 0.15) is 39.5 Å². The third-order valence-corrected chi connectivity index (χ3v) is 3.82. The van der Waals surface area contributed by atoms with Gasteiger partial charge in [-0.2, -0.15) is 0 Å². The fraction of sp³-hybridized carbons (Fsp3) is 0.917. The predicted molar refractivity (Wildman–Crippen MR) is 60.2 cm³/mol. The van der Waals surface area contributed by atoms with Gasteiger partial charge in [0.2, 0.25) is 0 Å². The molecule has 4 heteroatoms. The summed E-state index contributed by atoms with van der Waals surface area (Å²) in [5, 5.41) is 18.1. The molecular formula is C12H22O4. The lowest BCUT2D eigenvalue weighted by Gasteiger charge is -2.42. The predicted octanol–water partition coefficient (Wildman–Crippen LogP) is 1.66. The minimum absolute atomic E-state index is 0.0254. The van der Waals surface area contributed by atoms with E-state index in [-0.39, 0.29) is 12.5 Å². The van der Waals surface area contributed by atoms with E-state index in [2.05, 4.69) is 6.92 Å². The lowest BCUT2D eigenvalue weighted by molar-refractivity contribution is -0.184. The van der Waals surface area contributed by atoms with Crippen LogP contribution in [0.15, 0.2) is 0 Å². The third kappa shape index (κ3) is 2.55. The van der Waals surface area contributed by atoms with E-state index in [1.165, 1.54) is 0 Å². The first-order chi connectivity index (χ1) is 7.54. The normalized spacial score (nSPS) is 34.9. The Morgan fingerprint density at radius 1 is 1.50 bits per heavy atom. The number of aliphatic hydroxyl groups is 1. The summed E-state index contributed by atoms with van der Waals surface area (Å²) in [7, 11) is 0. The highest BCUT2D eigenvalue weighted by molar-refractivity contribution is 5.78. The van der Waals surface area contributed by atoms with E-state index < -0.39 is 11.6 Å². The number of aliphatic carboxylic acids is 1.